The molecule has 1 aliphatic rings. The molecule has 1 aromatic carbocycles. The van der Waals surface area contributed by atoms with E-state index in [9.17, 15) is 14.4 Å². The number of amides is 3. The Balaban J connectivity index is 1.49. The van der Waals surface area contributed by atoms with Crippen LogP contribution in [0, 0.1) is 0 Å². The Labute approximate surface area is 197 Å². The van der Waals surface area contributed by atoms with E-state index in [0.717, 1.165) is 25.7 Å². The molecule has 1 aromatic rings. The van der Waals surface area contributed by atoms with E-state index in [0.29, 0.717) is 26.2 Å². The zero-order chi connectivity index (χ0) is 24.5. The van der Waals surface area contributed by atoms with Crippen molar-refractivity contribution in [1.82, 2.24) is 15.5 Å². The van der Waals surface area contributed by atoms with Crippen molar-refractivity contribution in [3.05, 3.63) is 35.4 Å². The molecule has 0 unspecified atom stereocenters. The van der Waals surface area contributed by atoms with Crippen LogP contribution in [0.3, 0.4) is 0 Å². The Morgan fingerprint density at radius 1 is 0.848 bits per heavy atom. The average Bonchev–Trinajstić information content (AvgIpc) is 3.11. The van der Waals surface area contributed by atoms with E-state index in [2.05, 4.69) is 22.8 Å². The van der Waals surface area contributed by atoms with Crippen molar-refractivity contribution >= 4 is 18.1 Å². The van der Waals surface area contributed by atoms with Crippen LogP contribution < -0.4 is 10.6 Å². The van der Waals surface area contributed by atoms with E-state index >= 15 is 0 Å². The molecule has 3 amide bonds. The molecule has 0 saturated carbocycles. The summed E-state index contributed by atoms with van der Waals surface area (Å²) >= 11 is 0. The van der Waals surface area contributed by atoms with Gasteiger partial charge >= 0.3 is 18.1 Å². The third kappa shape index (κ3) is 10.1. The Morgan fingerprint density at radius 3 is 1.94 bits per heavy atom. The molecule has 0 bridgehead atoms. The number of alkyl carbamates (subject to hydrolysis) is 1. The third-order valence-corrected chi connectivity index (χ3v) is 5.14. The van der Waals surface area contributed by atoms with Crippen molar-refractivity contribution in [2.24, 2.45) is 0 Å². The van der Waals surface area contributed by atoms with Crippen LogP contribution in [0.5, 0.6) is 0 Å². The molecule has 0 radical (unpaired) electrons. The third-order valence-electron chi connectivity index (χ3n) is 5.14. The van der Waals surface area contributed by atoms with Crippen LogP contribution in [0.4, 0.5) is 9.59 Å². The van der Waals surface area contributed by atoms with E-state index < -0.39 is 23.3 Å². The van der Waals surface area contributed by atoms with E-state index in [1.165, 1.54) is 11.1 Å². The van der Waals surface area contributed by atoms with E-state index in [4.69, 9.17) is 9.47 Å². The predicted octanol–water partition coefficient (Wildman–Crippen LogP) is 4.51. The fraction of sp³-hybridized carbons (Fsp3) is 0.640. The van der Waals surface area contributed by atoms with Crippen LogP contribution in [0.15, 0.2) is 24.3 Å². The fourth-order valence-electron chi connectivity index (χ4n) is 3.63. The molecule has 8 nitrogen and oxygen atoms in total. The summed E-state index contributed by atoms with van der Waals surface area (Å²) in [6, 6.07) is 8.10. The van der Waals surface area contributed by atoms with Crippen LogP contribution in [0.2, 0.25) is 0 Å². The van der Waals surface area contributed by atoms with Gasteiger partial charge in [0.05, 0.1) is 6.42 Å². The van der Waals surface area contributed by atoms with Gasteiger partial charge in [-0.15, -0.1) is 0 Å². The first kappa shape index (κ1) is 26.5. The molecule has 2 rings (SSSR count). The van der Waals surface area contributed by atoms with Gasteiger partial charge in [-0.25, -0.2) is 9.59 Å². The number of urea groups is 1. The number of hydrogen-bond donors (Lipinski definition) is 2. The molecule has 1 heterocycles. The van der Waals surface area contributed by atoms with Crippen molar-refractivity contribution in [3.63, 3.8) is 0 Å². The Morgan fingerprint density at radius 2 is 1.39 bits per heavy atom. The van der Waals surface area contributed by atoms with E-state index in [1.807, 2.05) is 17.0 Å². The van der Waals surface area contributed by atoms with Gasteiger partial charge in [0, 0.05) is 26.2 Å². The molecule has 2 N–H and O–H groups in total. The number of carbonyl (C=O) groups is 3. The molecular weight excluding hydrogens is 422 g/mol. The van der Waals surface area contributed by atoms with Gasteiger partial charge in [0.25, 0.3) is 0 Å². The number of fused-ring (bicyclic) bond motifs is 1. The van der Waals surface area contributed by atoms with Gasteiger partial charge in [-0.05, 0) is 58.6 Å². The number of carbonyl (C=O) groups excluding carboxylic acids is 3. The molecule has 8 heteroatoms. The minimum atomic E-state index is -0.943. The molecule has 1 aliphatic heterocycles. The number of rotatable bonds is 10. The monoisotopic (exact) mass is 461 g/mol. The SMILES string of the molecule is CC(C)(C)OC(=O)CC(C)(C)OC(=O)NCCCCCCNC(=O)N1Cc2ccccc2C1. The summed E-state index contributed by atoms with van der Waals surface area (Å²) in [4.78, 5) is 38.1. The maximum absolute atomic E-state index is 12.3. The first-order chi connectivity index (χ1) is 15.5. The lowest BCUT2D eigenvalue weighted by molar-refractivity contribution is -0.159. The largest absolute Gasteiger partial charge is 0.460 e. The number of nitrogens with one attached hydrogen (secondary N) is 2. The molecule has 0 saturated heterocycles. The number of esters is 1. The molecule has 33 heavy (non-hydrogen) atoms. The highest BCUT2D eigenvalue weighted by Crippen LogP contribution is 2.22. The molecule has 0 aromatic heterocycles. The van der Waals surface area contributed by atoms with E-state index in [-0.39, 0.29) is 12.5 Å². The van der Waals surface area contributed by atoms with Gasteiger partial charge < -0.3 is 25.0 Å². The van der Waals surface area contributed by atoms with Gasteiger partial charge in [0.15, 0.2) is 0 Å². The highest BCUT2D eigenvalue weighted by Gasteiger charge is 2.29. The molecule has 0 spiro atoms. The van der Waals surface area contributed by atoms with Gasteiger partial charge in [-0.3, -0.25) is 4.79 Å². The van der Waals surface area contributed by atoms with Crippen molar-refractivity contribution in [1.29, 1.82) is 0 Å². The average molecular weight is 462 g/mol. The van der Waals surface area contributed by atoms with Crippen molar-refractivity contribution < 1.29 is 23.9 Å². The molecule has 0 fully saturated rings. The van der Waals surface area contributed by atoms with Crippen LogP contribution in [0.25, 0.3) is 0 Å². The summed E-state index contributed by atoms with van der Waals surface area (Å²) < 4.78 is 10.6. The lowest BCUT2D eigenvalue weighted by Crippen LogP contribution is -2.38. The predicted molar refractivity (Wildman–Crippen MR) is 127 cm³/mol. The highest BCUT2D eigenvalue weighted by atomic mass is 16.6. The number of nitrogens with zero attached hydrogens (tertiary/aromatic N) is 1. The van der Waals surface area contributed by atoms with Gasteiger partial charge in [-0.1, -0.05) is 37.1 Å². The maximum atomic E-state index is 12.3. The van der Waals surface area contributed by atoms with Gasteiger partial charge in [0.1, 0.15) is 11.2 Å². The van der Waals surface area contributed by atoms with Crippen LogP contribution in [-0.2, 0) is 27.4 Å². The van der Waals surface area contributed by atoms with Gasteiger partial charge in [0.2, 0.25) is 0 Å². The summed E-state index contributed by atoms with van der Waals surface area (Å²) in [5.41, 5.74) is 0.915. The Bertz CT molecular complexity index is 792. The Hall–Kier alpha value is -2.77. The van der Waals surface area contributed by atoms with Crippen LogP contribution >= 0.6 is 0 Å². The van der Waals surface area contributed by atoms with Crippen molar-refractivity contribution in [2.75, 3.05) is 13.1 Å². The zero-order valence-corrected chi connectivity index (χ0v) is 20.7. The summed E-state index contributed by atoms with van der Waals surface area (Å²) in [5.74, 6) is -0.401. The maximum Gasteiger partial charge on any atom is 0.407 e. The smallest absolute Gasteiger partial charge is 0.407 e. The zero-order valence-electron chi connectivity index (χ0n) is 20.7. The van der Waals surface area contributed by atoms with Crippen molar-refractivity contribution in [2.45, 2.75) is 91.0 Å². The lowest BCUT2D eigenvalue weighted by atomic mass is 10.1. The van der Waals surface area contributed by atoms with E-state index in [1.54, 1.807) is 34.6 Å². The standard InChI is InChI=1S/C25H39N3O5/c1-24(2,3)32-21(29)16-25(4,5)33-23(31)27-15-11-7-6-10-14-26-22(30)28-17-19-12-8-9-13-20(19)18-28/h8-9,12-13H,6-7,10-11,14-18H2,1-5H3,(H,26,30)(H,27,31). The summed E-state index contributed by atoms with van der Waals surface area (Å²) in [5, 5.41) is 5.71. The molecule has 0 aliphatic carbocycles. The topological polar surface area (TPSA) is 97.0 Å². The minimum absolute atomic E-state index is 0.00702. The first-order valence-corrected chi connectivity index (χ1v) is 11.7. The highest BCUT2D eigenvalue weighted by molar-refractivity contribution is 5.75. The molecular formula is C25H39N3O5. The van der Waals surface area contributed by atoms with Crippen molar-refractivity contribution in [3.8, 4) is 0 Å². The number of hydrogen-bond acceptors (Lipinski definition) is 5. The quantitative estimate of drug-likeness (QED) is 0.395. The first-order valence-electron chi connectivity index (χ1n) is 11.7. The fourth-order valence-corrected chi connectivity index (χ4v) is 3.63. The minimum Gasteiger partial charge on any atom is -0.460 e. The normalized spacial score (nSPS) is 13.3. The second kappa shape index (κ2) is 11.9. The number of unbranched alkanes of at least 4 members (excludes halogenated alkanes) is 3. The summed E-state index contributed by atoms with van der Waals surface area (Å²) in [7, 11) is 0. The lowest BCUT2D eigenvalue weighted by Gasteiger charge is -2.26. The van der Waals surface area contributed by atoms with Gasteiger partial charge in [-0.2, -0.15) is 0 Å². The Kier molecular flexibility index (Phi) is 9.56. The molecule has 0 atom stereocenters. The second-order valence-electron chi connectivity index (χ2n) is 10.1. The number of ether oxygens (including phenoxy) is 2. The van der Waals surface area contributed by atoms with Crippen LogP contribution in [-0.4, -0.2) is 47.3 Å². The number of benzene rings is 1. The van der Waals surface area contributed by atoms with Crippen LogP contribution in [0.1, 0.15) is 77.8 Å². The second-order valence-corrected chi connectivity index (χ2v) is 10.1. The molecule has 184 valence electrons. The summed E-state index contributed by atoms with van der Waals surface area (Å²) in [6.45, 7) is 11.2. The summed E-state index contributed by atoms with van der Waals surface area (Å²) in [6.07, 6.45) is 3.06.